The monoisotopic (exact) mass is 327 g/mol. The standard InChI is InChI=1S/C13H17N3O3S2/c1-14-8-11-5-12(9-20-11)21(17,18)16-7-10-3-4-13(19-2)15-6-10/h3-6,9,14,16H,7-8H2,1-2H3. The van der Waals surface area contributed by atoms with Crippen LogP contribution in [0.1, 0.15) is 10.4 Å². The summed E-state index contributed by atoms with van der Waals surface area (Å²) in [6, 6.07) is 5.14. The Balaban J connectivity index is 2.02. The van der Waals surface area contributed by atoms with E-state index in [4.69, 9.17) is 4.74 Å². The number of sulfonamides is 1. The van der Waals surface area contributed by atoms with Crippen molar-refractivity contribution in [2.75, 3.05) is 14.2 Å². The molecule has 2 N–H and O–H groups in total. The summed E-state index contributed by atoms with van der Waals surface area (Å²) >= 11 is 1.42. The number of nitrogens with zero attached hydrogens (tertiary/aromatic N) is 1. The molecule has 21 heavy (non-hydrogen) atoms. The molecule has 0 atom stereocenters. The molecule has 0 spiro atoms. The largest absolute Gasteiger partial charge is 0.481 e. The lowest BCUT2D eigenvalue weighted by molar-refractivity contribution is 0.397. The molecule has 2 rings (SSSR count). The van der Waals surface area contributed by atoms with Gasteiger partial charge in [-0.1, -0.05) is 6.07 Å². The summed E-state index contributed by atoms with van der Waals surface area (Å²) in [6.45, 7) is 0.846. The Labute approximate surface area is 128 Å². The smallest absolute Gasteiger partial charge is 0.241 e. The number of methoxy groups -OCH3 is 1. The first-order valence-electron chi connectivity index (χ1n) is 6.26. The molecule has 0 saturated heterocycles. The third-order valence-corrected chi connectivity index (χ3v) is 5.23. The van der Waals surface area contributed by atoms with Gasteiger partial charge in [-0.3, -0.25) is 0 Å². The van der Waals surface area contributed by atoms with E-state index in [1.807, 2.05) is 7.05 Å². The van der Waals surface area contributed by atoms with Gasteiger partial charge in [0.2, 0.25) is 15.9 Å². The minimum absolute atomic E-state index is 0.191. The van der Waals surface area contributed by atoms with Crippen LogP contribution in [0.25, 0.3) is 0 Å². The molecule has 0 unspecified atom stereocenters. The van der Waals surface area contributed by atoms with Gasteiger partial charge in [-0.25, -0.2) is 18.1 Å². The summed E-state index contributed by atoms with van der Waals surface area (Å²) in [4.78, 5) is 5.30. The van der Waals surface area contributed by atoms with Crippen LogP contribution in [-0.4, -0.2) is 27.6 Å². The summed E-state index contributed by atoms with van der Waals surface area (Å²) in [5.41, 5.74) is 0.769. The number of hydrogen-bond donors (Lipinski definition) is 2. The minimum Gasteiger partial charge on any atom is -0.481 e. The lowest BCUT2D eigenvalue weighted by atomic mass is 10.3. The summed E-state index contributed by atoms with van der Waals surface area (Å²) in [5, 5.41) is 4.63. The predicted molar refractivity (Wildman–Crippen MR) is 81.9 cm³/mol. The van der Waals surface area contributed by atoms with Gasteiger partial charge in [0.25, 0.3) is 0 Å². The molecule has 114 valence electrons. The molecule has 0 aliphatic carbocycles. The van der Waals surface area contributed by atoms with Crippen LogP contribution in [0.3, 0.4) is 0 Å². The molecular weight excluding hydrogens is 310 g/mol. The fourth-order valence-electron chi connectivity index (χ4n) is 1.67. The third kappa shape index (κ3) is 4.24. The van der Waals surface area contributed by atoms with Crippen molar-refractivity contribution < 1.29 is 13.2 Å². The SMILES string of the molecule is CNCc1cc(S(=O)(=O)NCc2ccc(OC)nc2)cs1. The Hall–Kier alpha value is -1.48. The zero-order chi connectivity index (χ0) is 15.3. The summed E-state index contributed by atoms with van der Waals surface area (Å²) in [7, 11) is -0.144. The van der Waals surface area contributed by atoms with Gasteiger partial charge < -0.3 is 10.1 Å². The maximum absolute atomic E-state index is 12.2. The van der Waals surface area contributed by atoms with Gasteiger partial charge in [0.15, 0.2) is 0 Å². The van der Waals surface area contributed by atoms with E-state index in [2.05, 4.69) is 15.0 Å². The molecule has 2 heterocycles. The number of pyridine rings is 1. The van der Waals surface area contributed by atoms with Crippen molar-refractivity contribution in [3.8, 4) is 5.88 Å². The van der Waals surface area contributed by atoms with Crippen molar-refractivity contribution >= 4 is 21.4 Å². The van der Waals surface area contributed by atoms with Gasteiger partial charge in [0.05, 0.1) is 12.0 Å². The van der Waals surface area contributed by atoms with Gasteiger partial charge in [-0.15, -0.1) is 11.3 Å². The number of nitrogens with one attached hydrogen (secondary N) is 2. The normalized spacial score (nSPS) is 11.5. The molecule has 0 saturated carbocycles. The van der Waals surface area contributed by atoms with E-state index in [0.717, 1.165) is 10.4 Å². The number of hydrogen-bond acceptors (Lipinski definition) is 6. The van der Waals surface area contributed by atoms with E-state index < -0.39 is 10.0 Å². The molecule has 0 fully saturated rings. The van der Waals surface area contributed by atoms with Gasteiger partial charge >= 0.3 is 0 Å². The highest BCUT2D eigenvalue weighted by Crippen LogP contribution is 2.19. The first kappa shape index (κ1) is 15.9. The van der Waals surface area contributed by atoms with E-state index in [-0.39, 0.29) is 6.54 Å². The Morgan fingerprint density at radius 3 is 2.76 bits per heavy atom. The van der Waals surface area contributed by atoms with Crippen LogP contribution in [0.4, 0.5) is 0 Å². The zero-order valence-electron chi connectivity index (χ0n) is 11.8. The van der Waals surface area contributed by atoms with Gasteiger partial charge in [-0.2, -0.15) is 0 Å². The number of thiophene rings is 1. The molecule has 8 heteroatoms. The zero-order valence-corrected chi connectivity index (χ0v) is 13.4. The molecule has 0 bridgehead atoms. The van der Waals surface area contributed by atoms with Crippen LogP contribution in [-0.2, 0) is 23.1 Å². The third-order valence-electron chi connectivity index (χ3n) is 2.76. The second kappa shape index (κ2) is 6.99. The fourth-order valence-corrected chi connectivity index (χ4v) is 3.97. The van der Waals surface area contributed by atoms with Gasteiger partial charge in [0.1, 0.15) is 0 Å². The molecule has 0 amide bonds. The summed E-state index contributed by atoms with van der Waals surface area (Å²) < 4.78 is 31.9. The Kier molecular flexibility index (Phi) is 5.29. The summed E-state index contributed by atoms with van der Waals surface area (Å²) in [6.07, 6.45) is 1.58. The maximum Gasteiger partial charge on any atom is 0.241 e. The molecule has 0 aliphatic rings. The van der Waals surface area contributed by atoms with Crippen molar-refractivity contribution in [2.24, 2.45) is 0 Å². The van der Waals surface area contributed by atoms with Crippen LogP contribution in [0.2, 0.25) is 0 Å². The quantitative estimate of drug-likeness (QED) is 0.802. The van der Waals surface area contributed by atoms with Crippen molar-refractivity contribution in [1.82, 2.24) is 15.0 Å². The molecular formula is C13H17N3O3S2. The highest BCUT2D eigenvalue weighted by molar-refractivity contribution is 7.89. The van der Waals surface area contributed by atoms with E-state index in [1.165, 1.54) is 18.4 Å². The van der Waals surface area contributed by atoms with E-state index in [9.17, 15) is 8.42 Å². The Morgan fingerprint density at radius 1 is 1.33 bits per heavy atom. The van der Waals surface area contributed by atoms with Crippen LogP contribution in [0.5, 0.6) is 5.88 Å². The predicted octanol–water partition coefficient (Wildman–Crippen LogP) is 1.35. The van der Waals surface area contributed by atoms with Gasteiger partial charge in [0, 0.05) is 35.6 Å². The Bertz CT molecular complexity index is 681. The second-order valence-electron chi connectivity index (χ2n) is 4.31. The lowest BCUT2D eigenvalue weighted by Crippen LogP contribution is -2.22. The topological polar surface area (TPSA) is 80.3 Å². The van der Waals surface area contributed by atoms with Crippen LogP contribution in [0, 0.1) is 0 Å². The van der Waals surface area contributed by atoms with Crippen LogP contribution >= 0.6 is 11.3 Å². The summed E-state index contributed by atoms with van der Waals surface area (Å²) in [5.74, 6) is 0.496. The molecule has 2 aromatic heterocycles. The van der Waals surface area contributed by atoms with Crippen molar-refractivity contribution in [3.63, 3.8) is 0 Å². The van der Waals surface area contributed by atoms with Crippen molar-refractivity contribution in [3.05, 3.63) is 40.2 Å². The van der Waals surface area contributed by atoms with Gasteiger partial charge in [-0.05, 0) is 18.7 Å². The first-order valence-corrected chi connectivity index (χ1v) is 8.62. The molecule has 6 nitrogen and oxygen atoms in total. The maximum atomic E-state index is 12.2. The van der Waals surface area contributed by atoms with Crippen LogP contribution < -0.4 is 14.8 Å². The number of rotatable bonds is 7. The highest BCUT2D eigenvalue weighted by atomic mass is 32.2. The van der Waals surface area contributed by atoms with E-state index in [0.29, 0.717) is 17.3 Å². The number of aromatic nitrogens is 1. The van der Waals surface area contributed by atoms with Crippen LogP contribution in [0.15, 0.2) is 34.7 Å². The molecule has 2 aromatic rings. The van der Waals surface area contributed by atoms with Crippen molar-refractivity contribution in [2.45, 2.75) is 18.0 Å². The van der Waals surface area contributed by atoms with E-state index in [1.54, 1.807) is 29.8 Å². The average molecular weight is 327 g/mol. The van der Waals surface area contributed by atoms with Crippen molar-refractivity contribution in [1.29, 1.82) is 0 Å². The van der Waals surface area contributed by atoms with E-state index >= 15 is 0 Å². The minimum atomic E-state index is -3.50. The number of ether oxygens (including phenoxy) is 1. The highest BCUT2D eigenvalue weighted by Gasteiger charge is 2.15. The lowest BCUT2D eigenvalue weighted by Gasteiger charge is -2.05. The molecule has 0 aromatic carbocycles. The second-order valence-corrected chi connectivity index (χ2v) is 7.08. The first-order chi connectivity index (χ1) is 10.0. The average Bonchev–Trinajstić information content (AvgIpc) is 2.96. The Morgan fingerprint density at radius 2 is 2.14 bits per heavy atom. The fraction of sp³-hybridized carbons (Fsp3) is 0.308. The molecule has 0 radical (unpaired) electrons. The molecule has 0 aliphatic heterocycles.